The lowest BCUT2D eigenvalue weighted by Gasteiger charge is -2.38. The van der Waals surface area contributed by atoms with Gasteiger partial charge in [-0.2, -0.15) is 0 Å². The van der Waals surface area contributed by atoms with Crippen LogP contribution in [0.4, 0.5) is 0 Å². The average molecular weight is 305 g/mol. The number of likely N-dealkylation sites (tertiary alicyclic amines) is 1. The summed E-state index contributed by atoms with van der Waals surface area (Å²) in [4.78, 5) is 24.5. The van der Waals surface area contributed by atoms with Gasteiger partial charge in [-0.25, -0.2) is 0 Å². The molecule has 0 spiro atoms. The Morgan fingerprint density at radius 2 is 2.00 bits per heavy atom. The molecule has 1 aliphatic heterocycles. The van der Waals surface area contributed by atoms with Gasteiger partial charge in [0, 0.05) is 32.5 Å². The third-order valence-electron chi connectivity index (χ3n) is 4.21. The largest absolute Gasteiger partial charge is 0.481 e. The first kappa shape index (κ1) is 16.5. The van der Waals surface area contributed by atoms with E-state index in [1.54, 1.807) is 12.0 Å². The Labute approximate surface area is 130 Å². The Balaban J connectivity index is 1.97. The fraction of sp³-hybridized carbons (Fsp3) is 0.529. The van der Waals surface area contributed by atoms with Crippen molar-refractivity contribution in [2.75, 3.05) is 20.2 Å². The van der Waals surface area contributed by atoms with Gasteiger partial charge in [-0.05, 0) is 18.4 Å². The zero-order chi connectivity index (χ0) is 15.9. The number of carbonyl (C=O) groups is 2. The molecule has 0 saturated carbocycles. The van der Waals surface area contributed by atoms with Gasteiger partial charge < -0.3 is 14.7 Å². The molecule has 0 aliphatic carbocycles. The maximum absolute atomic E-state index is 12.1. The van der Waals surface area contributed by atoms with Gasteiger partial charge in [-0.15, -0.1) is 0 Å². The Morgan fingerprint density at radius 1 is 1.27 bits per heavy atom. The number of carbonyl (C=O) groups excluding carboxylic acids is 1. The Kier molecular flexibility index (Phi) is 5.95. The normalized spacial score (nSPS) is 21.6. The highest BCUT2D eigenvalue weighted by Crippen LogP contribution is 2.24. The molecular formula is C17H23NO4. The van der Waals surface area contributed by atoms with Crippen LogP contribution in [0.3, 0.4) is 0 Å². The van der Waals surface area contributed by atoms with E-state index in [1.165, 1.54) is 5.56 Å². The van der Waals surface area contributed by atoms with Gasteiger partial charge in [0.25, 0.3) is 0 Å². The second kappa shape index (κ2) is 7.94. The first-order chi connectivity index (χ1) is 10.6. The zero-order valence-corrected chi connectivity index (χ0v) is 12.9. The number of carboxylic acids is 1. The zero-order valence-electron chi connectivity index (χ0n) is 12.9. The number of piperidine rings is 1. The number of hydrogen-bond donors (Lipinski definition) is 1. The number of nitrogens with zero attached hydrogens (tertiary/aromatic N) is 1. The minimum atomic E-state index is -0.930. The Hall–Kier alpha value is -1.88. The van der Waals surface area contributed by atoms with Crippen molar-refractivity contribution in [1.29, 1.82) is 0 Å². The monoisotopic (exact) mass is 305 g/mol. The second-order valence-corrected chi connectivity index (χ2v) is 5.75. The summed E-state index contributed by atoms with van der Waals surface area (Å²) in [6.45, 7) is 1.27. The lowest BCUT2D eigenvalue weighted by atomic mass is 9.88. The predicted molar refractivity (Wildman–Crippen MR) is 82.5 cm³/mol. The molecule has 0 unspecified atom stereocenters. The third kappa shape index (κ3) is 4.56. The molecule has 0 bridgehead atoms. The molecule has 5 nitrogen and oxygen atoms in total. The first-order valence-corrected chi connectivity index (χ1v) is 7.66. The molecule has 1 amide bonds. The number of aliphatic carboxylic acids is 1. The summed E-state index contributed by atoms with van der Waals surface area (Å²) in [6.07, 6.45) is 1.77. The minimum absolute atomic E-state index is 0.0741. The molecule has 22 heavy (non-hydrogen) atoms. The quantitative estimate of drug-likeness (QED) is 0.872. The first-order valence-electron chi connectivity index (χ1n) is 7.66. The standard InChI is InChI=1S/C17H23NO4/c1-22-15-9-10-18(16(19)7-8-17(20)21)12-14(15)11-13-5-3-2-4-6-13/h2-6,14-15H,7-12H2,1H3,(H,20,21)/t14-,15-/m1/s1. The number of rotatable bonds is 6. The van der Waals surface area contributed by atoms with E-state index in [2.05, 4.69) is 12.1 Å². The van der Waals surface area contributed by atoms with E-state index >= 15 is 0 Å². The molecule has 1 aromatic rings. The summed E-state index contributed by atoms with van der Waals surface area (Å²) in [5, 5.41) is 8.70. The lowest BCUT2D eigenvalue weighted by Crippen LogP contribution is -2.47. The van der Waals surface area contributed by atoms with Crippen LogP contribution < -0.4 is 0 Å². The van der Waals surface area contributed by atoms with Crippen LogP contribution in [0.25, 0.3) is 0 Å². The van der Waals surface area contributed by atoms with Crippen molar-refractivity contribution in [1.82, 2.24) is 4.90 Å². The maximum atomic E-state index is 12.1. The molecular weight excluding hydrogens is 282 g/mol. The summed E-state index contributed by atoms with van der Waals surface area (Å²) in [6, 6.07) is 10.2. The van der Waals surface area contributed by atoms with Gasteiger partial charge in [0.05, 0.1) is 12.5 Å². The van der Waals surface area contributed by atoms with Crippen LogP contribution in [0.5, 0.6) is 0 Å². The summed E-state index contributed by atoms with van der Waals surface area (Å²) >= 11 is 0. The van der Waals surface area contributed by atoms with Crippen LogP contribution in [-0.4, -0.2) is 48.2 Å². The van der Waals surface area contributed by atoms with Crippen molar-refractivity contribution < 1.29 is 19.4 Å². The number of benzene rings is 1. The molecule has 0 aromatic heterocycles. The summed E-state index contributed by atoms with van der Waals surface area (Å²) < 4.78 is 5.57. The summed E-state index contributed by atoms with van der Waals surface area (Å²) in [7, 11) is 1.71. The van der Waals surface area contributed by atoms with Crippen LogP contribution in [0.15, 0.2) is 30.3 Å². The molecule has 2 atom stereocenters. The maximum Gasteiger partial charge on any atom is 0.303 e. The highest BCUT2D eigenvalue weighted by atomic mass is 16.5. The van der Waals surface area contributed by atoms with Crippen molar-refractivity contribution >= 4 is 11.9 Å². The van der Waals surface area contributed by atoms with Crippen LogP contribution in [0.1, 0.15) is 24.8 Å². The Bertz CT molecular complexity index is 503. The van der Waals surface area contributed by atoms with E-state index in [1.807, 2.05) is 18.2 Å². The summed E-state index contributed by atoms with van der Waals surface area (Å²) in [5.74, 6) is -0.758. The molecule has 2 rings (SSSR count). The third-order valence-corrected chi connectivity index (χ3v) is 4.21. The highest BCUT2D eigenvalue weighted by molar-refractivity contribution is 5.80. The van der Waals surface area contributed by atoms with Crippen LogP contribution in [-0.2, 0) is 20.7 Å². The molecule has 1 heterocycles. The van der Waals surface area contributed by atoms with Gasteiger partial charge in [0.2, 0.25) is 5.91 Å². The fourth-order valence-corrected chi connectivity index (χ4v) is 3.03. The van der Waals surface area contributed by atoms with E-state index in [0.29, 0.717) is 13.1 Å². The molecule has 1 aromatic carbocycles. The molecule has 1 fully saturated rings. The highest BCUT2D eigenvalue weighted by Gasteiger charge is 2.31. The number of methoxy groups -OCH3 is 1. The van der Waals surface area contributed by atoms with Crippen LogP contribution >= 0.6 is 0 Å². The van der Waals surface area contributed by atoms with E-state index in [0.717, 1.165) is 12.8 Å². The van der Waals surface area contributed by atoms with Crippen molar-refractivity contribution in [3.05, 3.63) is 35.9 Å². The number of carboxylic acid groups (broad SMARTS) is 1. The number of hydrogen-bond acceptors (Lipinski definition) is 3. The fourth-order valence-electron chi connectivity index (χ4n) is 3.03. The van der Waals surface area contributed by atoms with Crippen LogP contribution in [0.2, 0.25) is 0 Å². The Morgan fingerprint density at radius 3 is 2.64 bits per heavy atom. The van der Waals surface area contributed by atoms with E-state index < -0.39 is 5.97 Å². The van der Waals surface area contributed by atoms with Crippen molar-refractivity contribution in [2.45, 2.75) is 31.8 Å². The summed E-state index contributed by atoms with van der Waals surface area (Å²) in [5.41, 5.74) is 1.23. The van der Waals surface area contributed by atoms with Gasteiger partial charge in [-0.3, -0.25) is 9.59 Å². The van der Waals surface area contributed by atoms with Gasteiger partial charge in [0.1, 0.15) is 0 Å². The average Bonchev–Trinajstić information content (AvgIpc) is 2.53. The van der Waals surface area contributed by atoms with Crippen molar-refractivity contribution in [3.63, 3.8) is 0 Å². The van der Waals surface area contributed by atoms with E-state index in [4.69, 9.17) is 9.84 Å². The molecule has 5 heteroatoms. The van der Waals surface area contributed by atoms with E-state index in [9.17, 15) is 9.59 Å². The smallest absolute Gasteiger partial charge is 0.303 e. The van der Waals surface area contributed by atoms with Gasteiger partial charge in [0.15, 0.2) is 0 Å². The SMILES string of the molecule is CO[C@@H]1CCN(C(=O)CCC(=O)O)C[C@H]1Cc1ccccc1. The molecule has 1 aliphatic rings. The van der Waals surface area contributed by atoms with Gasteiger partial charge >= 0.3 is 5.97 Å². The van der Waals surface area contributed by atoms with Gasteiger partial charge in [-0.1, -0.05) is 30.3 Å². The molecule has 120 valence electrons. The predicted octanol–water partition coefficient (Wildman–Crippen LogP) is 1.96. The number of amides is 1. The van der Waals surface area contributed by atoms with Crippen LogP contribution in [0, 0.1) is 5.92 Å². The minimum Gasteiger partial charge on any atom is -0.481 e. The lowest BCUT2D eigenvalue weighted by molar-refractivity contribution is -0.142. The van der Waals surface area contributed by atoms with Crippen molar-refractivity contribution in [2.24, 2.45) is 5.92 Å². The molecule has 1 saturated heterocycles. The van der Waals surface area contributed by atoms with E-state index in [-0.39, 0.29) is 30.8 Å². The van der Waals surface area contributed by atoms with Crippen molar-refractivity contribution in [3.8, 4) is 0 Å². The topological polar surface area (TPSA) is 66.8 Å². The molecule has 1 N–H and O–H groups in total. The second-order valence-electron chi connectivity index (χ2n) is 5.75. The molecule has 0 radical (unpaired) electrons. The number of ether oxygens (including phenoxy) is 1.